The smallest absolute Gasteiger partial charge is 0.261 e. The van der Waals surface area contributed by atoms with Gasteiger partial charge in [0.15, 0.2) is 0 Å². The van der Waals surface area contributed by atoms with E-state index in [0.29, 0.717) is 37.4 Å². The van der Waals surface area contributed by atoms with E-state index in [0.717, 1.165) is 11.3 Å². The highest BCUT2D eigenvalue weighted by Crippen LogP contribution is 2.27. The lowest BCUT2D eigenvalue weighted by molar-refractivity contribution is 0.0746. The van der Waals surface area contributed by atoms with Gasteiger partial charge in [0.05, 0.1) is 10.6 Å². The molecule has 0 spiro atoms. The van der Waals surface area contributed by atoms with E-state index < -0.39 is 10.0 Å². The third-order valence-corrected chi connectivity index (χ3v) is 6.86. The van der Waals surface area contributed by atoms with Crippen LogP contribution in [0, 0.1) is 6.92 Å². The van der Waals surface area contributed by atoms with E-state index in [-0.39, 0.29) is 16.6 Å². The quantitative estimate of drug-likeness (QED) is 0.620. The lowest BCUT2D eigenvalue weighted by Gasteiger charge is -2.36. The van der Waals surface area contributed by atoms with E-state index in [9.17, 15) is 18.3 Å². The van der Waals surface area contributed by atoms with E-state index in [1.54, 1.807) is 41.3 Å². The van der Waals surface area contributed by atoms with Gasteiger partial charge in [0.25, 0.3) is 15.9 Å². The molecule has 0 aliphatic carbocycles. The number of phenolic OH excluding ortho intramolecular Hbond substituents is 1. The van der Waals surface area contributed by atoms with Crippen LogP contribution in [0.3, 0.4) is 0 Å². The number of piperazine rings is 1. The molecule has 0 saturated carbocycles. The molecule has 8 heteroatoms. The Kier molecular flexibility index (Phi) is 6.05. The first-order valence-corrected chi connectivity index (χ1v) is 11.8. The molecule has 166 valence electrons. The topological polar surface area (TPSA) is 90.0 Å². The molecule has 0 atom stereocenters. The molecule has 0 unspecified atom stereocenters. The second-order valence-corrected chi connectivity index (χ2v) is 9.45. The van der Waals surface area contributed by atoms with E-state index >= 15 is 0 Å². The van der Waals surface area contributed by atoms with Crippen molar-refractivity contribution in [3.8, 4) is 5.75 Å². The van der Waals surface area contributed by atoms with Crippen LogP contribution in [0.15, 0.2) is 77.7 Å². The van der Waals surface area contributed by atoms with Gasteiger partial charge >= 0.3 is 0 Å². The monoisotopic (exact) mass is 451 g/mol. The number of sulfonamides is 1. The molecule has 0 radical (unpaired) electrons. The van der Waals surface area contributed by atoms with Crippen LogP contribution in [0.5, 0.6) is 5.75 Å². The largest absolute Gasteiger partial charge is 0.506 e. The van der Waals surface area contributed by atoms with Crippen LogP contribution in [0.2, 0.25) is 0 Å². The third-order valence-electron chi connectivity index (χ3n) is 5.48. The molecule has 3 aromatic carbocycles. The molecule has 0 aromatic heterocycles. The summed E-state index contributed by atoms with van der Waals surface area (Å²) in [6.45, 7) is 4.04. The van der Waals surface area contributed by atoms with Gasteiger partial charge in [0.1, 0.15) is 5.75 Å². The summed E-state index contributed by atoms with van der Waals surface area (Å²) in [6, 6.07) is 20.3. The average Bonchev–Trinajstić information content (AvgIpc) is 2.80. The summed E-state index contributed by atoms with van der Waals surface area (Å²) >= 11 is 0. The second kappa shape index (κ2) is 8.92. The van der Waals surface area contributed by atoms with Crippen molar-refractivity contribution < 1.29 is 18.3 Å². The summed E-state index contributed by atoms with van der Waals surface area (Å²) in [5.41, 5.74) is 2.57. The van der Waals surface area contributed by atoms with Gasteiger partial charge in [0, 0.05) is 37.4 Å². The lowest BCUT2D eigenvalue weighted by atomic mass is 10.1. The predicted octanol–water partition coefficient (Wildman–Crippen LogP) is 3.46. The van der Waals surface area contributed by atoms with Crippen molar-refractivity contribution in [2.24, 2.45) is 0 Å². The van der Waals surface area contributed by atoms with Gasteiger partial charge in [-0.05, 0) is 49.4 Å². The van der Waals surface area contributed by atoms with Crippen molar-refractivity contribution in [1.82, 2.24) is 4.90 Å². The summed E-state index contributed by atoms with van der Waals surface area (Å²) in [4.78, 5) is 16.8. The van der Waals surface area contributed by atoms with Crippen LogP contribution >= 0.6 is 0 Å². The number of hydrogen-bond donors (Lipinski definition) is 2. The minimum Gasteiger partial charge on any atom is -0.506 e. The number of amides is 1. The zero-order valence-electron chi connectivity index (χ0n) is 17.7. The fourth-order valence-electron chi connectivity index (χ4n) is 3.70. The molecular formula is C24H25N3O4S. The van der Waals surface area contributed by atoms with E-state index in [2.05, 4.69) is 4.72 Å². The van der Waals surface area contributed by atoms with Crippen LogP contribution in [-0.4, -0.2) is 50.5 Å². The van der Waals surface area contributed by atoms with Crippen LogP contribution in [0.25, 0.3) is 0 Å². The summed E-state index contributed by atoms with van der Waals surface area (Å²) in [5, 5.41) is 10.1. The van der Waals surface area contributed by atoms with Gasteiger partial charge in [0.2, 0.25) is 0 Å². The van der Waals surface area contributed by atoms with Crippen molar-refractivity contribution in [3.05, 3.63) is 83.9 Å². The van der Waals surface area contributed by atoms with Crippen LogP contribution in [0.1, 0.15) is 15.9 Å². The Balaban J connectivity index is 1.45. The Bertz CT molecular complexity index is 1220. The molecule has 3 aromatic rings. The Morgan fingerprint density at radius 3 is 2.28 bits per heavy atom. The average molecular weight is 452 g/mol. The molecule has 4 rings (SSSR count). The maximum atomic E-state index is 13.0. The first-order valence-electron chi connectivity index (χ1n) is 10.4. The number of benzene rings is 3. The Hall–Kier alpha value is -3.52. The summed E-state index contributed by atoms with van der Waals surface area (Å²) in [7, 11) is -3.82. The molecule has 1 heterocycles. The van der Waals surface area contributed by atoms with Crippen LogP contribution < -0.4 is 9.62 Å². The van der Waals surface area contributed by atoms with Gasteiger partial charge in [-0.25, -0.2) is 8.42 Å². The molecule has 1 aliphatic rings. The fourth-order valence-corrected chi connectivity index (χ4v) is 4.80. The standard InChI is InChI=1S/C24H25N3O4S/c1-18-9-11-20(12-10-18)25-32(30,31)21-6-4-5-19(17-21)24(29)27-15-13-26(14-16-27)22-7-2-3-8-23(22)28/h2-12,17,25,28H,13-16H2,1H3. The number of aryl methyl sites for hydroxylation is 1. The van der Waals surface area contributed by atoms with Crippen molar-refractivity contribution in [3.63, 3.8) is 0 Å². The van der Waals surface area contributed by atoms with Crippen molar-refractivity contribution in [2.75, 3.05) is 35.8 Å². The fraction of sp³-hybridized carbons (Fsp3) is 0.208. The zero-order valence-corrected chi connectivity index (χ0v) is 18.5. The number of para-hydroxylation sites is 2. The molecular weight excluding hydrogens is 426 g/mol. The molecule has 2 N–H and O–H groups in total. The van der Waals surface area contributed by atoms with Gasteiger partial charge in [-0.3, -0.25) is 9.52 Å². The number of carbonyl (C=O) groups is 1. The highest BCUT2D eigenvalue weighted by molar-refractivity contribution is 7.92. The van der Waals surface area contributed by atoms with Gasteiger partial charge < -0.3 is 14.9 Å². The van der Waals surface area contributed by atoms with Gasteiger partial charge in [-0.1, -0.05) is 35.9 Å². The van der Waals surface area contributed by atoms with Crippen molar-refractivity contribution in [2.45, 2.75) is 11.8 Å². The highest BCUT2D eigenvalue weighted by atomic mass is 32.2. The summed E-state index contributed by atoms with van der Waals surface area (Å²) < 4.78 is 28.2. The maximum Gasteiger partial charge on any atom is 0.261 e. The number of phenols is 1. The number of carbonyl (C=O) groups excluding carboxylic acids is 1. The molecule has 1 saturated heterocycles. The number of anilines is 2. The molecule has 7 nitrogen and oxygen atoms in total. The van der Waals surface area contributed by atoms with Crippen molar-refractivity contribution >= 4 is 27.3 Å². The minimum absolute atomic E-state index is 0.0387. The van der Waals surface area contributed by atoms with Crippen molar-refractivity contribution in [1.29, 1.82) is 0 Å². The first kappa shape index (κ1) is 21.7. The zero-order chi connectivity index (χ0) is 22.7. The number of aromatic hydroxyl groups is 1. The highest BCUT2D eigenvalue weighted by Gasteiger charge is 2.24. The molecule has 0 bridgehead atoms. The second-order valence-electron chi connectivity index (χ2n) is 7.77. The predicted molar refractivity (Wildman–Crippen MR) is 125 cm³/mol. The van der Waals surface area contributed by atoms with Gasteiger partial charge in [-0.15, -0.1) is 0 Å². The van der Waals surface area contributed by atoms with E-state index in [1.807, 2.05) is 36.1 Å². The molecule has 32 heavy (non-hydrogen) atoms. The molecule has 1 amide bonds. The first-order chi connectivity index (χ1) is 15.3. The Morgan fingerprint density at radius 2 is 1.59 bits per heavy atom. The Morgan fingerprint density at radius 1 is 0.906 bits per heavy atom. The normalized spacial score (nSPS) is 14.3. The summed E-state index contributed by atoms with van der Waals surface area (Å²) in [5.74, 6) is 0.000537. The SMILES string of the molecule is Cc1ccc(NS(=O)(=O)c2cccc(C(=O)N3CCN(c4ccccc4O)CC3)c2)cc1. The van der Waals surface area contributed by atoms with Gasteiger partial charge in [-0.2, -0.15) is 0 Å². The van der Waals surface area contributed by atoms with Crippen LogP contribution in [0.4, 0.5) is 11.4 Å². The van der Waals surface area contributed by atoms with E-state index in [4.69, 9.17) is 0 Å². The number of nitrogens with zero attached hydrogens (tertiary/aromatic N) is 2. The molecule has 1 aliphatic heterocycles. The maximum absolute atomic E-state index is 13.0. The Labute approximate surface area is 188 Å². The number of hydrogen-bond acceptors (Lipinski definition) is 5. The minimum atomic E-state index is -3.82. The lowest BCUT2D eigenvalue weighted by Crippen LogP contribution is -2.48. The third kappa shape index (κ3) is 4.70. The number of rotatable bonds is 5. The van der Waals surface area contributed by atoms with E-state index in [1.165, 1.54) is 12.1 Å². The molecule has 1 fully saturated rings. The summed E-state index contributed by atoms with van der Waals surface area (Å²) in [6.07, 6.45) is 0. The van der Waals surface area contributed by atoms with Crippen LogP contribution in [-0.2, 0) is 10.0 Å². The number of nitrogens with one attached hydrogen (secondary N) is 1.